The molecule has 0 amide bonds. The van der Waals surface area contributed by atoms with Crippen molar-refractivity contribution in [3.8, 4) is 111 Å². The van der Waals surface area contributed by atoms with Gasteiger partial charge >= 0.3 is 0 Å². The molecule has 0 fully saturated rings. The van der Waals surface area contributed by atoms with E-state index in [1.165, 1.54) is 38.9 Å². The summed E-state index contributed by atoms with van der Waals surface area (Å²) in [5, 5.41) is 0. The molecule has 502 valence electrons. The molecule has 0 bridgehead atoms. The van der Waals surface area contributed by atoms with Gasteiger partial charge in [0.2, 0.25) is 0 Å². The van der Waals surface area contributed by atoms with Gasteiger partial charge in [-0.25, -0.2) is 0 Å². The van der Waals surface area contributed by atoms with E-state index in [1.807, 2.05) is 0 Å². The van der Waals surface area contributed by atoms with Crippen LogP contribution in [0.25, 0.3) is 111 Å². The van der Waals surface area contributed by atoms with Crippen LogP contribution in [0.3, 0.4) is 0 Å². The first-order valence-corrected chi connectivity index (χ1v) is 37.1. The summed E-state index contributed by atoms with van der Waals surface area (Å²) in [6, 6.07) is 154. The van der Waals surface area contributed by atoms with E-state index in [-0.39, 0.29) is 5.92 Å². The number of fused-ring (bicyclic) bond motifs is 6. The normalized spacial score (nSPS) is 12.5. The summed E-state index contributed by atoms with van der Waals surface area (Å²) in [5.41, 5.74) is 38.6. The first-order valence-electron chi connectivity index (χ1n) is 37.1. The Hall–Kier alpha value is -13.9. The van der Waals surface area contributed by atoms with Crippen molar-refractivity contribution in [3.05, 3.63) is 440 Å². The molecule has 3 aliphatic rings. The molecule has 0 spiro atoms. The van der Waals surface area contributed by atoms with Crippen LogP contribution in [0.15, 0.2) is 413 Å². The van der Waals surface area contributed by atoms with Crippen molar-refractivity contribution < 1.29 is 0 Å². The minimum atomic E-state index is -0.156. The zero-order chi connectivity index (χ0) is 70.7. The molecule has 2 heterocycles. The van der Waals surface area contributed by atoms with Gasteiger partial charge in [0.05, 0.1) is 51.2 Å². The number of nitrogens with zero attached hydrogens (tertiary/aromatic N) is 3. The molecule has 0 aromatic heterocycles. The molecule has 17 aromatic rings. The molecule has 0 unspecified atom stereocenters. The summed E-state index contributed by atoms with van der Waals surface area (Å²) in [7, 11) is 0. The average molecular weight is 1360 g/mol. The van der Waals surface area contributed by atoms with Gasteiger partial charge in [-0.3, -0.25) is 0 Å². The lowest BCUT2D eigenvalue weighted by Crippen LogP contribution is -2.31. The van der Waals surface area contributed by atoms with E-state index in [2.05, 4.69) is 427 Å². The fraction of sp³-hybridized carbons (Fsp3) is 0.0192. The molecule has 0 saturated heterocycles. The van der Waals surface area contributed by atoms with Crippen molar-refractivity contribution >= 4 is 51.2 Å². The van der Waals surface area contributed by atoms with E-state index < -0.39 is 0 Å². The minimum absolute atomic E-state index is 0.156. The Kier molecular flexibility index (Phi) is 15.7. The Bertz CT molecular complexity index is 5700. The predicted molar refractivity (Wildman–Crippen MR) is 449 cm³/mol. The largest absolute Gasteiger partial charge is 0.305 e. The molecule has 0 saturated carbocycles. The Balaban J connectivity index is 0.989. The molecular weight excluding hydrogens is 1290 g/mol. The van der Waals surface area contributed by atoms with Crippen molar-refractivity contribution in [1.82, 2.24) is 0 Å². The molecular formula is C104H71N3. The fourth-order valence-electron chi connectivity index (χ4n) is 17.2. The molecule has 1 aliphatic carbocycles. The highest BCUT2D eigenvalue weighted by molar-refractivity contribution is 6.18. The molecule has 0 radical (unpaired) electrons. The van der Waals surface area contributed by atoms with Gasteiger partial charge in [0.1, 0.15) is 0 Å². The van der Waals surface area contributed by atoms with Crippen LogP contribution in [0.1, 0.15) is 33.7 Å². The van der Waals surface area contributed by atoms with Gasteiger partial charge in [0.15, 0.2) is 0 Å². The topological polar surface area (TPSA) is 9.72 Å². The second-order valence-electron chi connectivity index (χ2n) is 28.2. The van der Waals surface area contributed by atoms with E-state index in [0.717, 1.165) is 158 Å². The Morgan fingerprint density at radius 3 is 0.757 bits per heavy atom. The molecule has 107 heavy (non-hydrogen) atoms. The maximum Gasteiger partial charge on any atom is 0.0948 e. The van der Waals surface area contributed by atoms with Gasteiger partial charge in [-0.15, -0.1) is 0 Å². The zero-order valence-corrected chi connectivity index (χ0v) is 58.9. The van der Waals surface area contributed by atoms with Crippen LogP contribution in [0.5, 0.6) is 0 Å². The maximum absolute atomic E-state index is 2.69. The third kappa shape index (κ3) is 11.1. The van der Waals surface area contributed by atoms with E-state index >= 15 is 0 Å². The molecule has 20 rings (SSSR count). The monoisotopic (exact) mass is 1360 g/mol. The summed E-state index contributed by atoms with van der Waals surface area (Å²) in [6.45, 7) is 0. The van der Waals surface area contributed by atoms with Crippen LogP contribution in [0.2, 0.25) is 0 Å². The number of hydrogen-bond acceptors (Lipinski definition) is 3. The van der Waals surface area contributed by atoms with Gasteiger partial charge < -0.3 is 14.7 Å². The molecule has 3 heteroatoms. The summed E-state index contributed by atoms with van der Waals surface area (Å²) < 4.78 is 0. The molecule has 3 nitrogen and oxygen atoms in total. The Labute approximate surface area is 625 Å². The van der Waals surface area contributed by atoms with Crippen molar-refractivity contribution in [1.29, 1.82) is 0 Å². The second-order valence-corrected chi connectivity index (χ2v) is 28.2. The lowest BCUT2D eigenvalue weighted by Gasteiger charge is -2.49. The molecule has 2 aliphatic heterocycles. The summed E-state index contributed by atoms with van der Waals surface area (Å²) >= 11 is 0. The first kappa shape index (κ1) is 62.9. The molecule has 0 atom stereocenters. The molecule has 0 N–H and O–H groups in total. The van der Waals surface area contributed by atoms with Crippen molar-refractivity contribution in [2.24, 2.45) is 0 Å². The predicted octanol–water partition coefficient (Wildman–Crippen LogP) is 28.5. The standard InChI is InChI=1S/C104H71N3/c1-9-33-70(34-10-1)82-62-91(74-41-17-5-18-42-74)102(92(63-82)75-43-19-6-20-44-75)105-95-59-57-80(87-53-31-29-51-85(87)72-37-13-3-14-38-72)66-97(95)107-98-67-81(88-54-32-30-52-86(88)73-39-15-4-16-40-73)58-60-96(98)106(100-69-84(68-99(105)104(100)107)101-89-55-27-25-49-78(89)61-79-50-26-28-56-90(79)101)103-93(76-45-21-7-22-46-76)64-83(71-35-11-2-12-36-71)65-94(103)77-47-23-8-24-48-77/h1-60,62-69,101H,61H2. The number of rotatable bonds is 13. The van der Waals surface area contributed by atoms with Crippen LogP contribution >= 0.6 is 0 Å². The number of benzene rings is 17. The van der Waals surface area contributed by atoms with Crippen LogP contribution in [-0.4, -0.2) is 0 Å². The molecule has 17 aromatic carbocycles. The third-order valence-electron chi connectivity index (χ3n) is 22.0. The van der Waals surface area contributed by atoms with Crippen molar-refractivity contribution in [2.45, 2.75) is 12.3 Å². The number of anilines is 9. The quantitative estimate of drug-likeness (QED) is 0.114. The second kappa shape index (κ2) is 26.8. The average Bonchev–Trinajstić information content (AvgIpc) is 0.684. The lowest BCUT2D eigenvalue weighted by atomic mass is 9.74. The van der Waals surface area contributed by atoms with E-state index in [0.29, 0.717) is 0 Å². The Morgan fingerprint density at radius 2 is 0.430 bits per heavy atom. The van der Waals surface area contributed by atoms with Crippen molar-refractivity contribution in [3.63, 3.8) is 0 Å². The summed E-state index contributed by atoms with van der Waals surface area (Å²) in [5.74, 6) is -0.156. The van der Waals surface area contributed by atoms with E-state index in [9.17, 15) is 0 Å². The highest BCUT2D eigenvalue weighted by Gasteiger charge is 2.44. The third-order valence-corrected chi connectivity index (χ3v) is 22.0. The van der Waals surface area contributed by atoms with Crippen LogP contribution in [-0.2, 0) is 6.42 Å². The smallest absolute Gasteiger partial charge is 0.0948 e. The summed E-state index contributed by atoms with van der Waals surface area (Å²) in [6.07, 6.45) is 0.849. The Morgan fingerprint density at radius 1 is 0.168 bits per heavy atom. The van der Waals surface area contributed by atoms with Gasteiger partial charge in [0.25, 0.3) is 0 Å². The van der Waals surface area contributed by atoms with E-state index in [1.54, 1.807) is 0 Å². The van der Waals surface area contributed by atoms with Crippen molar-refractivity contribution in [2.75, 3.05) is 14.7 Å². The van der Waals surface area contributed by atoms with Gasteiger partial charge in [0, 0.05) is 28.2 Å². The van der Waals surface area contributed by atoms with Gasteiger partial charge in [-0.05, 0) is 184 Å². The maximum atomic E-state index is 2.69. The van der Waals surface area contributed by atoms with Gasteiger partial charge in [-0.2, -0.15) is 0 Å². The highest BCUT2D eigenvalue weighted by Crippen LogP contribution is 2.68. The number of hydrogen-bond donors (Lipinski definition) is 0. The van der Waals surface area contributed by atoms with Crippen LogP contribution in [0, 0.1) is 0 Å². The first-order chi connectivity index (χ1) is 53.1. The summed E-state index contributed by atoms with van der Waals surface area (Å²) in [4.78, 5) is 8.05. The zero-order valence-electron chi connectivity index (χ0n) is 58.9. The van der Waals surface area contributed by atoms with E-state index in [4.69, 9.17) is 0 Å². The lowest BCUT2D eigenvalue weighted by molar-refractivity contribution is 0.884. The van der Waals surface area contributed by atoms with Gasteiger partial charge in [-0.1, -0.05) is 352 Å². The minimum Gasteiger partial charge on any atom is -0.305 e. The SMILES string of the molecule is c1ccc(-c2cc(-c3ccccc3)c(N3c4ccc(-c5ccccc5-c5ccccc5)cc4N4c5cc(-c6ccccc6-c6ccccc6)ccc5N(c5c(-c6ccccc6)cc(-c6ccccc6)cc5-c5ccccc5)c5cc(C6c7ccccc7Cc7ccccc76)cc3c54)c(-c3ccccc3)c2)cc1. The highest BCUT2D eigenvalue weighted by atomic mass is 15.3. The van der Waals surface area contributed by atoms with Crippen LogP contribution < -0.4 is 14.7 Å². The fourth-order valence-corrected chi connectivity index (χ4v) is 17.2. The van der Waals surface area contributed by atoms with Crippen LogP contribution in [0.4, 0.5) is 51.2 Å².